The minimum absolute atomic E-state index is 0.503. The van der Waals surface area contributed by atoms with Crippen molar-refractivity contribution in [2.45, 2.75) is 65.3 Å². The molecule has 0 aliphatic carbocycles. The van der Waals surface area contributed by atoms with Crippen molar-refractivity contribution < 1.29 is 0 Å². The van der Waals surface area contributed by atoms with Crippen molar-refractivity contribution in [2.24, 2.45) is 0 Å². The van der Waals surface area contributed by atoms with Crippen LogP contribution < -0.4 is 5.32 Å². The molecule has 1 rings (SSSR count). The summed E-state index contributed by atoms with van der Waals surface area (Å²) >= 11 is 3.61. The number of nitrogens with one attached hydrogen (secondary N) is 1. The van der Waals surface area contributed by atoms with Gasteiger partial charge in [-0.3, -0.25) is 0 Å². The third kappa shape index (κ3) is 6.58. The summed E-state index contributed by atoms with van der Waals surface area (Å²) in [6.07, 6.45) is 8.01. The Labute approximate surface area is 127 Å². The van der Waals surface area contributed by atoms with Gasteiger partial charge in [0.2, 0.25) is 0 Å². The Kier molecular flexibility index (Phi) is 8.40. The molecule has 0 radical (unpaired) electrons. The molecule has 0 amide bonds. The van der Waals surface area contributed by atoms with Gasteiger partial charge in [-0.2, -0.15) is 0 Å². The Morgan fingerprint density at radius 2 is 1.79 bits per heavy atom. The maximum Gasteiger partial charge on any atom is 0.0320 e. The Morgan fingerprint density at radius 1 is 1.05 bits per heavy atom. The second-order valence-electron chi connectivity index (χ2n) is 5.38. The zero-order valence-corrected chi connectivity index (χ0v) is 14.2. The van der Waals surface area contributed by atoms with E-state index in [2.05, 4.69) is 60.2 Å². The highest BCUT2D eigenvalue weighted by atomic mass is 79.9. The van der Waals surface area contributed by atoms with Crippen LogP contribution >= 0.6 is 15.9 Å². The standard InChI is InChI=1S/C17H28BrN/c1-4-6-7-8-9-10-17(19-5-2)15-11-14(3)12-16(18)13-15/h11-13,17,19H,4-10H2,1-3H3. The van der Waals surface area contributed by atoms with E-state index in [-0.39, 0.29) is 0 Å². The molecule has 0 heterocycles. The van der Waals surface area contributed by atoms with Crippen LogP contribution in [0.3, 0.4) is 0 Å². The largest absolute Gasteiger partial charge is 0.310 e. The molecule has 1 unspecified atom stereocenters. The lowest BCUT2D eigenvalue weighted by Crippen LogP contribution is -2.21. The molecule has 0 aromatic heterocycles. The van der Waals surface area contributed by atoms with Crippen molar-refractivity contribution >= 4 is 15.9 Å². The Morgan fingerprint density at radius 3 is 2.42 bits per heavy atom. The molecule has 2 heteroatoms. The topological polar surface area (TPSA) is 12.0 Å². The van der Waals surface area contributed by atoms with Crippen LogP contribution in [0.2, 0.25) is 0 Å². The fourth-order valence-electron chi connectivity index (χ4n) is 2.55. The van der Waals surface area contributed by atoms with Crippen LogP contribution in [0.1, 0.15) is 69.5 Å². The van der Waals surface area contributed by atoms with Crippen LogP contribution in [0.15, 0.2) is 22.7 Å². The van der Waals surface area contributed by atoms with Gasteiger partial charge in [0.1, 0.15) is 0 Å². The molecule has 0 aliphatic rings. The van der Waals surface area contributed by atoms with Gasteiger partial charge >= 0.3 is 0 Å². The minimum atomic E-state index is 0.503. The van der Waals surface area contributed by atoms with Crippen molar-refractivity contribution in [1.29, 1.82) is 0 Å². The molecule has 19 heavy (non-hydrogen) atoms. The first-order valence-electron chi connectivity index (χ1n) is 7.67. The Balaban J connectivity index is 2.55. The van der Waals surface area contributed by atoms with Gasteiger partial charge in [-0.25, -0.2) is 0 Å². The molecule has 0 bridgehead atoms. The van der Waals surface area contributed by atoms with Crippen LogP contribution in [0.25, 0.3) is 0 Å². The van der Waals surface area contributed by atoms with E-state index in [1.54, 1.807) is 0 Å². The second kappa shape index (κ2) is 9.55. The summed E-state index contributed by atoms with van der Waals surface area (Å²) in [6, 6.07) is 7.24. The summed E-state index contributed by atoms with van der Waals surface area (Å²) in [5.41, 5.74) is 2.75. The number of hydrogen-bond acceptors (Lipinski definition) is 1. The molecule has 0 spiro atoms. The van der Waals surface area contributed by atoms with Gasteiger partial charge in [0.15, 0.2) is 0 Å². The van der Waals surface area contributed by atoms with E-state index in [0.717, 1.165) is 6.54 Å². The first kappa shape index (κ1) is 16.7. The van der Waals surface area contributed by atoms with Crippen LogP contribution in [-0.2, 0) is 0 Å². The van der Waals surface area contributed by atoms with Crippen LogP contribution in [0.5, 0.6) is 0 Å². The number of rotatable bonds is 9. The lowest BCUT2D eigenvalue weighted by atomic mass is 9.98. The summed E-state index contributed by atoms with van der Waals surface area (Å²) in [6.45, 7) is 7.66. The summed E-state index contributed by atoms with van der Waals surface area (Å²) in [5, 5.41) is 3.62. The fourth-order valence-corrected chi connectivity index (χ4v) is 3.18. The molecular weight excluding hydrogens is 298 g/mol. The van der Waals surface area contributed by atoms with Gasteiger partial charge in [0.05, 0.1) is 0 Å². The summed E-state index contributed by atoms with van der Waals surface area (Å²) < 4.78 is 1.19. The first-order chi connectivity index (χ1) is 9.17. The SMILES string of the molecule is CCCCCCCC(NCC)c1cc(C)cc(Br)c1. The van der Waals surface area contributed by atoms with E-state index in [1.807, 2.05) is 0 Å². The molecule has 1 N–H and O–H groups in total. The van der Waals surface area contributed by atoms with Crippen molar-refractivity contribution in [3.63, 3.8) is 0 Å². The fraction of sp³-hybridized carbons (Fsp3) is 0.647. The van der Waals surface area contributed by atoms with Gasteiger partial charge in [-0.1, -0.05) is 67.9 Å². The van der Waals surface area contributed by atoms with Crippen molar-refractivity contribution in [2.75, 3.05) is 6.54 Å². The van der Waals surface area contributed by atoms with Gasteiger partial charge in [0.25, 0.3) is 0 Å². The van der Waals surface area contributed by atoms with Gasteiger partial charge in [-0.15, -0.1) is 0 Å². The normalized spacial score (nSPS) is 12.6. The lowest BCUT2D eigenvalue weighted by Gasteiger charge is -2.19. The third-order valence-corrected chi connectivity index (χ3v) is 3.97. The smallest absolute Gasteiger partial charge is 0.0320 e. The van der Waals surface area contributed by atoms with E-state index in [0.29, 0.717) is 6.04 Å². The second-order valence-corrected chi connectivity index (χ2v) is 6.29. The molecule has 0 saturated carbocycles. The monoisotopic (exact) mass is 325 g/mol. The van der Waals surface area contributed by atoms with E-state index in [4.69, 9.17) is 0 Å². The summed E-state index contributed by atoms with van der Waals surface area (Å²) in [5.74, 6) is 0. The first-order valence-corrected chi connectivity index (χ1v) is 8.47. The molecule has 1 aromatic rings. The Bertz CT molecular complexity index is 342. The van der Waals surface area contributed by atoms with E-state index in [1.165, 1.54) is 54.1 Å². The van der Waals surface area contributed by atoms with Gasteiger partial charge in [0, 0.05) is 10.5 Å². The molecule has 0 saturated heterocycles. The minimum Gasteiger partial charge on any atom is -0.310 e. The molecule has 1 atom stereocenters. The summed E-state index contributed by atoms with van der Waals surface area (Å²) in [7, 11) is 0. The van der Waals surface area contributed by atoms with E-state index < -0.39 is 0 Å². The zero-order chi connectivity index (χ0) is 14.1. The average Bonchev–Trinajstić information content (AvgIpc) is 2.36. The predicted octanol–water partition coefficient (Wildman–Crippen LogP) is 5.77. The zero-order valence-electron chi connectivity index (χ0n) is 12.6. The van der Waals surface area contributed by atoms with Crippen LogP contribution in [0.4, 0.5) is 0 Å². The van der Waals surface area contributed by atoms with Crippen molar-refractivity contribution in [1.82, 2.24) is 5.32 Å². The number of benzene rings is 1. The maximum atomic E-state index is 3.62. The van der Waals surface area contributed by atoms with Crippen LogP contribution in [-0.4, -0.2) is 6.54 Å². The van der Waals surface area contributed by atoms with Gasteiger partial charge in [-0.05, 0) is 43.1 Å². The van der Waals surface area contributed by atoms with Crippen LogP contribution in [0, 0.1) is 6.92 Å². The number of hydrogen-bond donors (Lipinski definition) is 1. The van der Waals surface area contributed by atoms with Gasteiger partial charge < -0.3 is 5.32 Å². The molecule has 0 fully saturated rings. The number of halogens is 1. The molecule has 108 valence electrons. The average molecular weight is 326 g/mol. The molecule has 0 aliphatic heterocycles. The van der Waals surface area contributed by atoms with E-state index in [9.17, 15) is 0 Å². The van der Waals surface area contributed by atoms with Crippen molar-refractivity contribution in [3.8, 4) is 0 Å². The maximum absolute atomic E-state index is 3.62. The predicted molar refractivity (Wildman–Crippen MR) is 88.7 cm³/mol. The molecule has 1 nitrogen and oxygen atoms in total. The number of aryl methyl sites for hydroxylation is 1. The third-order valence-electron chi connectivity index (χ3n) is 3.51. The van der Waals surface area contributed by atoms with E-state index >= 15 is 0 Å². The molecule has 1 aromatic carbocycles. The quantitative estimate of drug-likeness (QED) is 0.568. The molecular formula is C17H28BrN. The highest BCUT2D eigenvalue weighted by Crippen LogP contribution is 2.25. The highest BCUT2D eigenvalue weighted by molar-refractivity contribution is 9.10. The lowest BCUT2D eigenvalue weighted by molar-refractivity contribution is 0.478. The Hall–Kier alpha value is -0.340. The summed E-state index contributed by atoms with van der Waals surface area (Å²) in [4.78, 5) is 0. The highest BCUT2D eigenvalue weighted by Gasteiger charge is 2.10. The van der Waals surface area contributed by atoms with Crippen molar-refractivity contribution in [3.05, 3.63) is 33.8 Å². The number of unbranched alkanes of at least 4 members (excludes halogenated alkanes) is 4.